The van der Waals surface area contributed by atoms with E-state index >= 15 is 0 Å². The minimum absolute atomic E-state index is 0.565. The van der Waals surface area contributed by atoms with E-state index < -0.39 is 6.23 Å². The maximum atomic E-state index is 10.6. The smallest absolute Gasteiger partial charge is 0.156 e. The molecule has 0 bridgehead atoms. The predicted octanol–water partition coefficient (Wildman–Crippen LogP) is 2.72. The van der Waals surface area contributed by atoms with Gasteiger partial charge in [-0.05, 0) is 31.9 Å². The van der Waals surface area contributed by atoms with Crippen molar-refractivity contribution in [1.29, 1.82) is 0 Å². The monoisotopic (exact) mass is 325 g/mol. The Balaban J connectivity index is 1.64. The number of likely N-dealkylation sites (tertiary alicyclic amines) is 1. The Bertz CT molecular complexity index is 831. The van der Waals surface area contributed by atoms with Crippen molar-refractivity contribution in [2.45, 2.75) is 39.0 Å². The molecule has 1 N–H and O–H groups in total. The standard InChI is InChI=1S/C18H23N5O/c1-2-21-12-16(20-13-21)23-9-6-14-10-15(11-19-17(14)23)18(24)22-7-4-3-5-8-22/h6,9-13,18,24H,2-5,7-8H2,1H3. The van der Waals surface area contributed by atoms with E-state index in [2.05, 4.69) is 21.8 Å². The first-order chi connectivity index (χ1) is 11.8. The summed E-state index contributed by atoms with van der Waals surface area (Å²) >= 11 is 0. The molecule has 3 aromatic heterocycles. The number of aliphatic hydroxyl groups excluding tert-OH is 1. The van der Waals surface area contributed by atoms with Crippen LogP contribution in [0.1, 0.15) is 38.0 Å². The Morgan fingerprint density at radius 2 is 2.04 bits per heavy atom. The molecule has 6 heteroatoms. The summed E-state index contributed by atoms with van der Waals surface area (Å²) in [6.07, 6.45) is 10.6. The molecule has 1 aliphatic rings. The average Bonchev–Trinajstić information content (AvgIpc) is 3.27. The lowest BCUT2D eigenvalue weighted by Gasteiger charge is -2.31. The molecule has 1 unspecified atom stereocenters. The molecule has 1 fully saturated rings. The number of piperidine rings is 1. The predicted molar refractivity (Wildman–Crippen MR) is 92.9 cm³/mol. The summed E-state index contributed by atoms with van der Waals surface area (Å²) in [6.45, 7) is 4.89. The van der Waals surface area contributed by atoms with Crippen LogP contribution in [0.25, 0.3) is 16.9 Å². The van der Waals surface area contributed by atoms with E-state index in [4.69, 9.17) is 0 Å². The first-order valence-corrected chi connectivity index (χ1v) is 8.67. The number of hydrogen-bond donors (Lipinski definition) is 1. The largest absolute Gasteiger partial charge is 0.374 e. The number of aromatic nitrogens is 4. The van der Waals surface area contributed by atoms with E-state index in [0.29, 0.717) is 0 Å². The fourth-order valence-electron chi connectivity index (χ4n) is 3.39. The first kappa shape index (κ1) is 15.4. The van der Waals surface area contributed by atoms with Crippen molar-refractivity contribution < 1.29 is 5.11 Å². The van der Waals surface area contributed by atoms with Crippen molar-refractivity contribution in [3.63, 3.8) is 0 Å². The number of nitrogens with zero attached hydrogens (tertiary/aromatic N) is 5. The van der Waals surface area contributed by atoms with Gasteiger partial charge in [-0.25, -0.2) is 9.97 Å². The summed E-state index contributed by atoms with van der Waals surface area (Å²) in [5.41, 5.74) is 1.73. The van der Waals surface area contributed by atoms with Gasteiger partial charge in [0, 0.05) is 49.2 Å². The van der Waals surface area contributed by atoms with E-state index in [9.17, 15) is 5.11 Å². The van der Waals surface area contributed by atoms with Crippen molar-refractivity contribution in [2.24, 2.45) is 0 Å². The van der Waals surface area contributed by atoms with Crippen LogP contribution in [-0.2, 0) is 6.54 Å². The molecule has 1 aliphatic heterocycles. The second kappa shape index (κ2) is 6.37. The zero-order valence-corrected chi connectivity index (χ0v) is 14.0. The molecule has 4 heterocycles. The molecule has 24 heavy (non-hydrogen) atoms. The molecule has 0 aliphatic carbocycles. The summed E-state index contributed by atoms with van der Waals surface area (Å²) in [5, 5.41) is 11.7. The number of hydrogen-bond acceptors (Lipinski definition) is 4. The molecule has 4 rings (SSSR count). The van der Waals surface area contributed by atoms with Gasteiger partial charge in [0.2, 0.25) is 0 Å². The zero-order chi connectivity index (χ0) is 16.5. The summed E-state index contributed by atoms with van der Waals surface area (Å²) in [7, 11) is 0. The quantitative estimate of drug-likeness (QED) is 0.801. The molecule has 6 nitrogen and oxygen atoms in total. The van der Waals surface area contributed by atoms with Gasteiger partial charge in [0.1, 0.15) is 11.9 Å². The lowest BCUT2D eigenvalue weighted by atomic mass is 10.1. The molecule has 0 amide bonds. The van der Waals surface area contributed by atoms with Crippen LogP contribution in [0.5, 0.6) is 0 Å². The molecule has 1 saturated heterocycles. The van der Waals surface area contributed by atoms with Crippen LogP contribution in [0.2, 0.25) is 0 Å². The van der Waals surface area contributed by atoms with Crippen molar-refractivity contribution >= 4 is 11.0 Å². The van der Waals surface area contributed by atoms with E-state index in [1.54, 1.807) is 6.20 Å². The highest BCUT2D eigenvalue weighted by atomic mass is 16.3. The van der Waals surface area contributed by atoms with Crippen LogP contribution in [0, 0.1) is 0 Å². The Kier molecular flexibility index (Phi) is 4.08. The molecular weight excluding hydrogens is 302 g/mol. The van der Waals surface area contributed by atoms with E-state index in [-0.39, 0.29) is 0 Å². The van der Waals surface area contributed by atoms with E-state index in [1.807, 2.05) is 40.0 Å². The Morgan fingerprint density at radius 1 is 1.21 bits per heavy atom. The second-order valence-corrected chi connectivity index (χ2v) is 6.40. The summed E-state index contributed by atoms with van der Waals surface area (Å²) < 4.78 is 4.02. The average molecular weight is 325 g/mol. The number of pyridine rings is 1. The third kappa shape index (κ3) is 2.72. The van der Waals surface area contributed by atoms with E-state index in [1.165, 1.54) is 6.42 Å². The lowest BCUT2D eigenvalue weighted by molar-refractivity contribution is -0.00994. The van der Waals surface area contributed by atoms with Crippen molar-refractivity contribution in [3.8, 4) is 5.82 Å². The minimum atomic E-state index is -0.565. The van der Waals surface area contributed by atoms with Crippen LogP contribution in [0.15, 0.2) is 37.1 Å². The van der Waals surface area contributed by atoms with Crippen LogP contribution in [-0.4, -0.2) is 42.2 Å². The SMILES string of the molecule is CCn1cnc(-n2ccc3cc(C(O)N4CCCCC4)cnc32)c1. The van der Waals surface area contributed by atoms with Gasteiger partial charge >= 0.3 is 0 Å². The molecule has 0 aromatic carbocycles. The van der Waals surface area contributed by atoms with Gasteiger partial charge in [-0.1, -0.05) is 6.42 Å². The fourth-order valence-corrected chi connectivity index (χ4v) is 3.39. The number of aliphatic hydroxyl groups is 1. The normalized spacial score (nSPS) is 17.4. The van der Waals surface area contributed by atoms with Gasteiger partial charge in [0.15, 0.2) is 5.82 Å². The topological polar surface area (TPSA) is 59.1 Å². The van der Waals surface area contributed by atoms with Gasteiger partial charge in [0.05, 0.1) is 6.33 Å². The summed E-state index contributed by atoms with van der Waals surface area (Å²) in [6, 6.07) is 4.06. The van der Waals surface area contributed by atoms with Gasteiger partial charge < -0.3 is 9.67 Å². The van der Waals surface area contributed by atoms with Crippen LogP contribution in [0.3, 0.4) is 0 Å². The summed E-state index contributed by atoms with van der Waals surface area (Å²) in [5.74, 6) is 0.865. The highest BCUT2D eigenvalue weighted by Crippen LogP contribution is 2.25. The fraction of sp³-hybridized carbons (Fsp3) is 0.444. The molecule has 1 atom stereocenters. The Labute approximate surface area is 141 Å². The molecule has 0 saturated carbocycles. The van der Waals surface area contributed by atoms with E-state index in [0.717, 1.165) is 54.9 Å². The molecule has 0 spiro atoms. The third-order valence-electron chi connectivity index (χ3n) is 4.81. The highest BCUT2D eigenvalue weighted by molar-refractivity contribution is 5.78. The first-order valence-electron chi connectivity index (χ1n) is 8.67. The Morgan fingerprint density at radius 3 is 2.79 bits per heavy atom. The van der Waals surface area contributed by atoms with Gasteiger partial charge in [-0.3, -0.25) is 9.47 Å². The van der Waals surface area contributed by atoms with Gasteiger partial charge in [0.25, 0.3) is 0 Å². The number of fused-ring (bicyclic) bond motifs is 1. The van der Waals surface area contributed by atoms with Crippen LogP contribution >= 0.6 is 0 Å². The van der Waals surface area contributed by atoms with Crippen molar-refractivity contribution in [2.75, 3.05) is 13.1 Å². The van der Waals surface area contributed by atoms with Crippen LogP contribution in [0.4, 0.5) is 0 Å². The third-order valence-corrected chi connectivity index (χ3v) is 4.81. The maximum Gasteiger partial charge on any atom is 0.156 e. The summed E-state index contributed by atoms with van der Waals surface area (Å²) in [4.78, 5) is 11.2. The van der Waals surface area contributed by atoms with Gasteiger partial charge in [-0.15, -0.1) is 0 Å². The molecule has 3 aromatic rings. The number of rotatable bonds is 4. The Hall–Kier alpha value is -2.18. The van der Waals surface area contributed by atoms with Gasteiger partial charge in [-0.2, -0.15) is 0 Å². The second-order valence-electron chi connectivity index (χ2n) is 6.40. The minimum Gasteiger partial charge on any atom is -0.374 e. The maximum absolute atomic E-state index is 10.6. The van der Waals surface area contributed by atoms with Crippen LogP contribution < -0.4 is 0 Å². The lowest BCUT2D eigenvalue weighted by Crippen LogP contribution is -2.33. The number of imidazole rings is 1. The van der Waals surface area contributed by atoms with Crippen molar-refractivity contribution in [3.05, 3.63) is 42.6 Å². The zero-order valence-electron chi connectivity index (χ0n) is 14.0. The molecular formula is C18H23N5O. The number of aryl methyl sites for hydroxylation is 1. The molecule has 126 valence electrons. The molecule has 0 radical (unpaired) electrons. The highest BCUT2D eigenvalue weighted by Gasteiger charge is 2.20. The van der Waals surface area contributed by atoms with Crippen molar-refractivity contribution in [1.82, 2.24) is 24.0 Å².